The molecule has 2 aliphatic rings. The van der Waals surface area contributed by atoms with E-state index in [0.29, 0.717) is 12.3 Å². The number of hydrogen-bond acceptors (Lipinski definition) is 4. The Bertz CT molecular complexity index is 547. The number of rotatable bonds is 5. The highest BCUT2D eigenvalue weighted by atomic mass is 16.3. The van der Waals surface area contributed by atoms with Gasteiger partial charge in [-0.25, -0.2) is 0 Å². The predicted molar refractivity (Wildman–Crippen MR) is 92.1 cm³/mol. The van der Waals surface area contributed by atoms with E-state index in [1.165, 1.54) is 24.8 Å². The highest BCUT2D eigenvalue weighted by Gasteiger charge is 2.19. The van der Waals surface area contributed by atoms with Gasteiger partial charge < -0.3 is 21.1 Å². The van der Waals surface area contributed by atoms with Gasteiger partial charge in [0.05, 0.1) is 12.2 Å². The Labute approximate surface area is 133 Å². The Morgan fingerprint density at radius 2 is 2.09 bits per heavy atom. The first-order valence-corrected chi connectivity index (χ1v) is 8.51. The van der Waals surface area contributed by atoms with Crippen LogP contribution in [0.25, 0.3) is 5.70 Å². The van der Waals surface area contributed by atoms with Crippen LogP contribution in [-0.2, 0) is 6.42 Å². The van der Waals surface area contributed by atoms with Gasteiger partial charge in [-0.3, -0.25) is 0 Å². The van der Waals surface area contributed by atoms with Crippen molar-refractivity contribution < 1.29 is 5.11 Å². The van der Waals surface area contributed by atoms with E-state index in [-0.39, 0.29) is 0 Å². The van der Waals surface area contributed by atoms with Gasteiger partial charge in [0.25, 0.3) is 0 Å². The third kappa shape index (κ3) is 3.38. The van der Waals surface area contributed by atoms with Crippen molar-refractivity contribution in [2.45, 2.75) is 32.6 Å². The van der Waals surface area contributed by atoms with E-state index in [1.807, 2.05) is 0 Å². The molecule has 0 atom stereocenters. The number of benzene rings is 1. The van der Waals surface area contributed by atoms with Crippen molar-refractivity contribution in [2.24, 2.45) is 5.92 Å². The number of piperidine rings is 1. The van der Waals surface area contributed by atoms with Gasteiger partial charge in [-0.1, -0.05) is 13.0 Å². The first-order valence-electron chi connectivity index (χ1n) is 8.51. The topological polar surface area (TPSA) is 56.3 Å². The molecule has 0 spiro atoms. The summed E-state index contributed by atoms with van der Waals surface area (Å²) in [6, 6.07) is 6.46. The fourth-order valence-electron chi connectivity index (χ4n) is 3.36. The smallest absolute Gasteiger partial charge is 0.135 e. The van der Waals surface area contributed by atoms with Gasteiger partial charge in [0.15, 0.2) is 0 Å². The Balaban J connectivity index is 1.67. The lowest BCUT2D eigenvalue weighted by molar-refractivity contribution is 0.352. The Morgan fingerprint density at radius 3 is 2.86 bits per heavy atom. The van der Waals surface area contributed by atoms with Crippen LogP contribution in [0.15, 0.2) is 24.0 Å². The first-order chi connectivity index (χ1) is 10.8. The zero-order chi connectivity index (χ0) is 15.4. The van der Waals surface area contributed by atoms with Crippen molar-refractivity contribution in [3.05, 3.63) is 35.1 Å². The van der Waals surface area contributed by atoms with Gasteiger partial charge in [-0.2, -0.15) is 0 Å². The van der Waals surface area contributed by atoms with Gasteiger partial charge in [-0.05, 0) is 62.4 Å². The molecule has 2 aliphatic heterocycles. The zero-order valence-electron chi connectivity index (χ0n) is 13.4. The molecule has 0 bridgehead atoms. The number of anilines is 1. The van der Waals surface area contributed by atoms with Crippen LogP contribution in [-0.4, -0.2) is 31.3 Å². The van der Waals surface area contributed by atoms with Crippen molar-refractivity contribution >= 4 is 11.4 Å². The number of hydrogen-bond donors (Lipinski definition) is 4. The normalized spacial score (nSPS) is 18.8. The van der Waals surface area contributed by atoms with Crippen LogP contribution in [0.1, 0.15) is 37.3 Å². The molecule has 2 heterocycles. The summed E-state index contributed by atoms with van der Waals surface area (Å²) >= 11 is 0. The molecule has 1 aromatic carbocycles. The summed E-state index contributed by atoms with van der Waals surface area (Å²) in [5, 5.41) is 20.4. The fraction of sp³-hybridized carbons (Fsp3) is 0.556. The number of aliphatic hydroxyl groups is 1. The van der Waals surface area contributed by atoms with E-state index in [9.17, 15) is 5.11 Å². The predicted octanol–water partition coefficient (Wildman–Crippen LogP) is 2.88. The van der Waals surface area contributed by atoms with Gasteiger partial charge in [0, 0.05) is 17.8 Å². The molecule has 1 aromatic rings. The van der Waals surface area contributed by atoms with E-state index < -0.39 is 0 Å². The third-order valence-corrected chi connectivity index (χ3v) is 4.81. The van der Waals surface area contributed by atoms with Crippen molar-refractivity contribution in [1.29, 1.82) is 0 Å². The number of fused-ring (bicyclic) bond motifs is 1. The van der Waals surface area contributed by atoms with Crippen molar-refractivity contribution in [3.8, 4) is 0 Å². The second kappa shape index (κ2) is 7.05. The molecule has 0 aliphatic carbocycles. The average molecular weight is 301 g/mol. The summed E-state index contributed by atoms with van der Waals surface area (Å²) in [4.78, 5) is 0. The maximum absolute atomic E-state index is 10.3. The molecule has 4 N–H and O–H groups in total. The summed E-state index contributed by atoms with van der Waals surface area (Å²) in [5.74, 6) is 1.23. The Kier molecular flexibility index (Phi) is 4.88. The molecule has 1 fully saturated rings. The lowest BCUT2D eigenvalue weighted by Gasteiger charge is -2.26. The van der Waals surface area contributed by atoms with Gasteiger partial charge in [0.2, 0.25) is 0 Å². The molecule has 0 amide bonds. The van der Waals surface area contributed by atoms with E-state index in [0.717, 1.165) is 48.9 Å². The second-order valence-electron chi connectivity index (χ2n) is 6.32. The maximum atomic E-state index is 10.3. The van der Waals surface area contributed by atoms with E-state index in [2.05, 4.69) is 41.1 Å². The molecule has 0 saturated carbocycles. The molecule has 4 heteroatoms. The van der Waals surface area contributed by atoms with E-state index in [1.54, 1.807) is 0 Å². The van der Waals surface area contributed by atoms with Crippen LogP contribution in [0.2, 0.25) is 0 Å². The summed E-state index contributed by atoms with van der Waals surface area (Å²) in [6.45, 7) is 5.89. The molecule has 4 nitrogen and oxygen atoms in total. The van der Waals surface area contributed by atoms with E-state index >= 15 is 0 Å². The van der Waals surface area contributed by atoms with Crippen molar-refractivity contribution in [2.75, 3.05) is 31.5 Å². The highest BCUT2D eigenvalue weighted by molar-refractivity contribution is 5.80. The minimum absolute atomic E-state index is 0.422. The van der Waals surface area contributed by atoms with Gasteiger partial charge in [0.1, 0.15) is 5.76 Å². The summed E-state index contributed by atoms with van der Waals surface area (Å²) in [6.07, 6.45) is 4.72. The van der Waals surface area contributed by atoms with Gasteiger partial charge in [-0.15, -0.1) is 0 Å². The monoisotopic (exact) mass is 301 g/mol. The quantitative estimate of drug-likeness (QED) is 0.675. The molecule has 3 rings (SSSR count). The molecule has 22 heavy (non-hydrogen) atoms. The summed E-state index contributed by atoms with van der Waals surface area (Å²) in [7, 11) is 0. The molecule has 120 valence electrons. The number of aliphatic hydroxyl groups excluding tert-OH is 1. The molecule has 0 radical (unpaired) electrons. The summed E-state index contributed by atoms with van der Waals surface area (Å²) < 4.78 is 0. The van der Waals surface area contributed by atoms with Crippen molar-refractivity contribution in [3.63, 3.8) is 0 Å². The standard InChI is InChI=1S/C18H27N3O/c1-2-13-3-4-16-15(11-13)18(17(22)12-21-16)20-10-7-14-5-8-19-9-6-14/h3-4,11,14,19-22H,2,5-10,12H2,1H3. The largest absolute Gasteiger partial charge is 0.508 e. The fourth-order valence-corrected chi connectivity index (χ4v) is 3.36. The van der Waals surface area contributed by atoms with Crippen LogP contribution in [0.5, 0.6) is 0 Å². The Hall–Kier alpha value is -1.68. The van der Waals surface area contributed by atoms with Gasteiger partial charge >= 0.3 is 0 Å². The lowest BCUT2D eigenvalue weighted by Crippen LogP contribution is -2.30. The molecule has 1 saturated heterocycles. The first kappa shape index (κ1) is 15.2. The third-order valence-electron chi connectivity index (χ3n) is 4.81. The molecule has 0 aromatic heterocycles. The minimum Gasteiger partial charge on any atom is -0.508 e. The van der Waals surface area contributed by atoms with Crippen LogP contribution < -0.4 is 16.0 Å². The molecular weight excluding hydrogens is 274 g/mol. The second-order valence-corrected chi connectivity index (χ2v) is 6.32. The highest BCUT2D eigenvalue weighted by Crippen LogP contribution is 2.29. The van der Waals surface area contributed by atoms with Crippen LogP contribution >= 0.6 is 0 Å². The number of nitrogens with one attached hydrogen (secondary N) is 3. The average Bonchev–Trinajstić information content (AvgIpc) is 2.57. The lowest BCUT2D eigenvalue weighted by atomic mass is 9.94. The van der Waals surface area contributed by atoms with Crippen LogP contribution in [0.3, 0.4) is 0 Å². The van der Waals surface area contributed by atoms with Crippen LogP contribution in [0.4, 0.5) is 5.69 Å². The maximum Gasteiger partial charge on any atom is 0.135 e. The number of aryl methyl sites for hydroxylation is 1. The minimum atomic E-state index is 0.422. The molecule has 0 unspecified atom stereocenters. The van der Waals surface area contributed by atoms with Crippen molar-refractivity contribution in [1.82, 2.24) is 10.6 Å². The SMILES string of the molecule is CCc1ccc2c(c1)C(NCCC1CCNCC1)=C(O)CN2. The Morgan fingerprint density at radius 1 is 1.27 bits per heavy atom. The van der Waals surface area contributed by atoms with E-state index in [4.69, 9.17) is 0 Å². The van der Waals surface area contributed by atoms with Crippen LogP contribution in [0, 0.1) is 5.92 Å². The summed E-state index contributed by atoms with van der Waals surface area (Å²) in [5.41, 5.74) is 4.43. The molecular formula is C18H27N3O. The zero-order valence-corrected chi connectivity index (χ0v) is 13.4.